The molecule has 1 unspecified atom stereocenters. The Bertz CT molecular complexity index is 414. The zero-order chi connectivity index (χ0) is 12.3. The van der Waals surface area contributed by atoms with Crippen molar-refractivity contribution in [3.05, 3.63) is 23.8 Å². The largest absolute Gasteiger partial charge is 0.399 e. The quantitative estimate of drug-likeness (QED) is 0.831. The Morgan fingerprint density at radius 3 is 2.71 bits per heavy atom. The Morgan fingerprint density at radius 1 is 1.35 bits per heavy atom. The van der Waals surface area contributed by atoms with Crippen LogP contribution in [0.25, 0.3) is 0 Å². The van der Waals surface area contributed by atoms with E-state index < -0.39 is 10.8 Å². The second-order valence-corrected chi connectivity index (χ2v) is 6.16. The Hall–Kier alpha value is -0.870. The number of nitrogens with zero attached hydrogens (tertiary/aromatic N) is 1. The van der Waals surface area contributed by atoms with Gasteiger partial charge in [0.05, 0.1) is 10.8 Å². The highest BCUT2D eigenvalue weighted by Gasteiger charge is 2.14. The Balaban J connectivity index is 1.94. The highest BCUT2D eigenvalue weighted by molar-refractivity contribution is 7.85. The lowest BCUT2D eigenvalue weighted by atomic mass is 10.2. The number of rotatable bonds is 4. The molecule has 17 heavy (non-hydrogen) atoms. The summed E-state index contributed by atoms with van der Waals surface area (Å²) in [4.78, 5) is 3.32. The normalized spacial score (nSPS) is 18.4. The van der Waals surface area contributed by atoms with E-state index in [0.717, 1.165) is 41.5 Å². The number of anilines is 1. The Morgan fingerprint density at radius 2 is 2.06 bits per heavy atom. The minimum absolute atomic E-state index is 0.727. The zero-order valence-electron chi connectivity index (χ0n) is 10.3. The van der Waals surface area contributed by atoms with Crippen LogP contribution in [0, 0.1) is 6.92 Å². The first-order valence-corrected chi connectivity index (χ1v) is 7.45. The minimum Gasteiger partial charge on any atom is -0.399 e. The number of likely N-dealkylation sites (tertiary alicyclic amines) is 1. The fourth-order valence-electron chi connectivity index (χ4n) is 2.26. The van der Waals surface area contributed by atoms with Crippen LogP contribution in [0.2, 0.25) is 0 Å². The second-order valence-electron chi connectivity index (χ2n) is 4.62. The minimum atomic E-state index is -0.896. The summed E-state index contributed by atoms with van der Waals surface area (Å²) in [5.41, 5.74) is 7.46. The van der Waals surface area contributed by atoms with Gasteiger partial charge in [-0.25, -0.2) is 0 Å². The molecule has 1 saturated heterocycles. The molecule has 0 aliphatic carbocycles. The highest BCUT2D eigenvalue weighted by atomic mass is 32.2. The van der Waals surface area contributed by atoms with Gasteiger partial charge in [-0.1, -0.05) is 0 Å². The van der Waals surface area contributed by atoms with Gasteiger partial charge in [0.25, 0.3) is 0 Å². The van der Waals surface area contributed by atoms with Crippen molar-refractivity contribution in [1.29, 1.82) is 0 Å². The van der Waals surface area contributed by atoms with Crippen molar-refractivity contribution in [1.82, 2.24) is 4.90 Å². The van der Waals surface area contributed by atoms with Crippen molar-refractivity contribution in [2.24, 2.45) is 0 Å². The standard InChI is InChI=1S/C13H20N2OS/c1-11-10-12(14)4-5-13(11)17(16)9-8-15-6-2-3-7-15/h4-5,10H,2-3,6-9,14H2,1H3. The number of hydrogen-bond donors (Lipinski definition) is 1. The SMILES string of the molecule is Cc1cc(N)ccc1S(=O)CCN1CCCC1. The lowest BCUT2D eigenvalue weighted by molar-refractivity contribution is 0.361. The van der Waals surface area contributed by atoms with Gasteiger partial charge in [-0.3, -0.25) is 4.21 Å². The first kappa shape index (κ1) is 12.6. The van der Waals surface area contributed by atoms with E-state index in [9.17, 15) is 4.21 Å². The Labute approximate surface area is 105 Å². The summed E-state index contributed by atoms with van der Waals surface area (Å²) in [6, 6.07) is 5.62. The maximum atomic E-state index is 12.2. The molecule has 0 spiro atoms. The molecule has 1 aromatic carbocycles. The van der Waals surface area contributed by atoms with Gasteiger partial charge >= 0.3 is 0 Å². The summed E-state index contributed by atoms with van der Waals surface area (Å²) in [6.07, 6.45) is 2.57. The van der Waals surface area contributed by atoms with Crippen LogP contribution in [-0.4, -0.2) is 34.5 Å². The molecule has 1 aliphatic rings. The summed E-state index contributed by atoms with van der Waals surface area (Å²) in [5, 5.41) is 0. The van der Waals surface area contributed by atoms with Gasteiger partial charge in [0.1, 0.15) is 0 Å². The van der Waals surface area contributed by atoms with E-state index >= 15 is 0 Å². The molecule has 1 aromatic rings. The summed E-state index contributed by atoms with van der Waals surface area (Å²) < 4.78 is 12.2. The molecule has 1 atom stereocenters. The molecule has 2 N–H and O–H groups in total. The van der Waals surface area contributed by atoms with E-state index in [4.69, 9.17) is 5.73 Å². The first-order valence-electron chi connectivity index (χ1n) is 6.13. The van der Waals surface area contributed by atoms with Crippen LogP contribution in [0.15, 0.2) is 23.1 Å². The monoisotopic (exact) mass is 252 g/mol. The van der Waals surface area contributed by atoms with Crippen LogP contribution in [-0.2, 0) is 10.8 Å². The molecule has 0 aromatic heterocycles. The van der Waals surface area contributed by atoms with Crippen LogP contribution in [0.3, 0.4) is 0 Å². The second kappa shape index (κ2) is 5.65. The van der Waals surface area contributed by atoms with E-state index in [-0.39, 0.29) is 0 Å². The van der Waals surface area contributed by atoms with Gasteiger partial charge in [0, 0.05) is 22.9 Å². The molecule has 1 fully saturated rings. The smallest absolute Gasteiger partial charge is 0.0545 e. The summed E-state index contributed by atoms with van der Waals surface area (Å²) in [7, 11) is -0.896. The van der Waals surface area contributed by atoms with Gasteiger partial charge in [0.15, 0.2) is 0 Å². The van der Waals surface area contributed by atoms with Crippen molar-refractivity contribution >= 4 is 16.5 Å². The van der Waals surface area contributed by atoms with Gasteiger partial charge in [-0.05, 0) is 56.6 Å². The van der Waals surface area contributed by atoms with Gasteiger partial charge in [-0.2, -0.15) is 0 Å². The number of nitrogens with two attached hydrogens (primary N) is 1. The van der Waals surface area contributed by atoms with Crippen molar-refractivity contribution < 1.29 is 4.21 Å². The topological polar surface area (TPSA) is 46.3 Å². The van der Waals surface area contributed by atoms with Crippen molar-refractivity contribution in [2.45, 2.75) is 24.7 Å². The summed E-state index contributed by atoms with van der Waals surface area (Å²) >= 11 is 0. The van der Waals surface area contributed by atoms with Crippen molar-refractivity contribution in [3.8, 4) is 0 Å². The maximum Gasteiger partial charge on any atom is 0.0545 e. The zero-order valence-corrected chi connectivity index (χ0v) is 11.1. The predicted molar refractivity (Wildman–Crippen MR) is 72.5 cm³/mol. The van der Waals surface area contributed by atoms with Crippen LogP contribution < -0.4 is 5.73 Å². The highest BCUT2D eigenvalue weighted by Crippen LogP contribution is 2.17. The molecular weight excluding hydrogens is 232 g/mol. The summed E-state index contributed by atoms with van der Waals surface area (Å²) in [5.74, 6) is 0.727. The molecule has 94 valence electrons. The molecule has 0 saturated carbocycles. The first-order chi connectivity index (χ1) is 8.16. The van der Waals surface area contributed by atoms with E-state index in [0.29, 0.717) is 0 Å². The Kier molecular flexibility index (Phi) is 4.18. The maximum absolute atomic E-state index is 12.2. The van der Waals surface area contributed by atoms with Crippen LogP contribution in [0.5, 0.6) is 0 Å². The molecule has 2 rings (SSSR count). The lowest BCUT2D eigenvalue weighted by Crippen LogP contribution is -2.24. The van der Waals surface area contributed by atoms with E-state index in [1.807, 2.05) is 25.1 Å². The van der Waals surface area contributed by atoms with Crippen LogP contribution >= 0.6 is 0 Å². The predicted octanol–water partition coefficient (Wildman–Crippen LogP) is 1.78. The van der Waals surface area contributed by atoms with Crippen molar-refractivity contribution in [3.63, 3.8) is 0 Å². The average Bonchev–Trinajstić information content (AvgIpc) is 2.78. The molecule has 4 heteroatoms. The number of nitrogen functional groups attached to an aromatic ring is 1. The number of benzene rings is 1. The van der Waals surface area contributed by atoms with Crippen molar-refractivity contribution in [2.75, 3.05) is 31.1 Å². The molecule has 1 heterocycles. The fraction of sp³-hybridized carbons (Fsp3) is 0.538. The molecule has 0 amide bonds. The van der Waals surface area contributed by atoms with Crippen LogP contribution in [0.1, 0.15) is 18.4 Å². The number of hydrogen-bond acceptors (Lipinski definition) is 3. The van der Waals surface area contributed by atoms with E-state index in [1.165, 1.54) is 12.8 Å². The molecule has 3 nitrogen and oxygen atoms in total. The molecule has 0 bridgehead atoms. The summed E-state index contributed by atoms with van der Waals surface area (Å²) in [6.45, 7) is 5.24. The third-order valence-electron chi connectivity index (χ3n) is 3.24. The van der Waals surface area contributed by atoms with Gasteiger partial charge < -0.3 is 10.6 Å². The lowest BCUT2D eigenvalue weighted by Gasteiger charge is -2.14. The van der Waals surface area contributed by atoms with E-state index in [2.05, 4.69) is 4.90 Å². The van der Waals surface area contributed by atoms with Gasteiger partial charge in [-0.15, -0.1) is 0 Å². The number of aryl methyl sites for hydroxylation is 1. The third kappa shape index (κ3) is 3.30. The third-order valence-corrected chi connectivity index (χ3v) is 4.74. The fourth-order valence-corrected chi connectivity index (χ4v) is 3.54. The van der Waals surface area contributed by atoms with Crippen LogP contribution in [0.4, 0.5) is 5.69 Å². The average molecular weight is 252 g/mol. The van der Waals surface area contributed by atoms with E-state index in [1.54, 1.807) is 0 Å². The molecular formula is C13H20N2OS. The molecule has 1 aliphatic heterocycles. The van der Waals surface area contributed by atoms with Gasteiger partial charge in [0.2, 0.25) is 0 Å². The molecule has 0 radical (unpaired) electrons.